The first-order chi connectivity index (χ1) is 9.87. The molecular weight excluding hydrogens is 288 g/mol. The first-order valence-electron chi connectivity index (χ1n) is 6.91. The standard InChI is InChI=1S/C16H26O4S/c1-16(2,3)11(10-21)9-20-12-7-13(17-4)15(19-6)14(8-12)18-5/h7-8,11,21H,9-10H2,1-6H3. The maximum atomic E-state index is 5.91. The average Bonchev–Trinajstić information content (AvgIpc) is 2.45. The van der Waals surface area contributed by atoms with Crippen molar-refractivity contribution in [2.75, 3.05) is 33.7 Å². The molecule has 5 heteroatoms. The third-order valence-electron chi connectivity index (χ3n) is 3.53. The molecule has 0 bridgehead atoms. The molecule has 0 heterocycles. The van der Waals surface area contributed by atoms with Crippen molar-refractivity contribution in [1.82, 2.24) is 0 Å². The van der Waals surface area contributed by atoms with Crippen LogP contribution in [-0.2, 0) is 0 Å². The fraction of sp³-hybridized carbons (Fsp3) is 0.625. The van der Waals surface area contributed by atoms with Gasteiger partial charge in [-0.3, -0.25) is 0 Å². The quantitative estimate of drug-likeness (QED) is 0.779. The summed E-state index contributed by atoms with van der Waals surface area (Å²) in [5.41, 5.74) is 0.141. The smallest absolute Gasteiger partial charge is 0.203 e. The predicted octanol–water partition coefficient (Wildman–Crippen LogP) is 3.68. The van der Waals surface area contributed by atoms with Crippen LogP contribution in [0.3, 0.4) is 0 Å². The molecule has 0 saturated carbocycles. The minimum Gasteiger partial charge on any atom is -0.493 e. The maximum absolute atomic E-state index is 5.91. The van der Waals surface area contributed by atoms with Crippen LogP contribution in [0, 0.1) is 11.3 Å². The third kappa shape index (κ3) is 4.63. The van der Waals surface area contributed by atoms with Crippen LogP contribution in [0.5, 0.6) is 23.0 Å². The van der Waals surface area contributed by atoms with Crippen LogP contribution in [0.15, 0.2) is 12.1 Å². The molecule has 0 amide bonds. The summed E-state index contributed by atoms with van der Waals surface area (Å²) in [5, 5.41) is 0. The molecule has 1 rings (SSSR count). The zero-order valence-corrected chi connectivity index (χ0v) is 14.6. The molecule has 0 aliphatic heterocycles. The SMILES string of the molecule is COc1cc(OCC(CS)C(C)(C)C)cc(OC)c1OC. The Morgan fingerprint density at radius 2 is 1.52 bits per heavy atom. The molecule has 1 aromatic rings. The van der Waals surface area contributed by atoms with E-state index in [-0.39, 0.29) is 5.41 Å². The van der Waals surface area contributed by atoms with Gasteiger partial charge < -0.3 is 18.9 Å². The van der Waals surface area contributed by atoms with Crippen molar-refractivity contribution in [1.29, 1.82) is 0 Å². The Bertz CT molecular complexity index is 429. The van der Waals surface area contributed by atoms with Gasteiger partial charge in [0, 0.05) is 18.1 Å². The lowest BCUT2D eigenvalue weighted by Gasteiger charge is -2.29. The second-order valence-electron chi connectivity index (χ2n) is 5.92. The summed E-state index contributed by atoms with van der Waals surface area (Å²) in [7, 11) is 4.76. The maximum Gasteiger partial charge on any atom is 0.203 e. The van der Waals surface area contributed by atoms with Gasteiger partial charge in [0.15, 0.2) is 11.5 Å². The van der Waals surface area contributed by atoms with Crippen LogP contribution in [0.4, 0.5) is 0 Å². The van der Waals surface area contributed by atoms with Gasteiger partial charge in [-0.05, 0) is 11.2 Å². The van der Waals surface area contributed by atoms with E-state index >= 15 is 0 Å². The zero-order valence-electron chi connectivity index (χ0n) is 13.7. The van der Waals surface area contributed by atoms with Crippen LogP contribution in [0.1, 0.15) is 20.8 Å². The van der Waals surface area contributed by atoms with Crippen LogP contribution < -0.4 is 18.9 Å². The van der Waals surface area contributed by atoms with Gasteiger partial charge in [0.1, 0.15) is 5.75 Å². The summed E-state index contributed by atoms with van der Waals surface area (Å²) in [5.74, 6) is 3.55. The number of hydrogen-bond acceptors (Lipinski definition) is 5. The molecule has 1 atom stereocenters. The van der Waals surface area contributed by atoms with Gasteiger partial charge in [-0.15, -0.1) is 0 Å². The molecule has 0 radical (unpaired) electrons. The van der Waals surface area contributed by atoms with Crippen molar-refractivity contribution in [2.45, 2.75) is 20.8 Å². The van der Waals surface area contributed by atoms with E-state index in [9.17, 15) is 0 Å². The number of thiol groups is 1. The number of hydrogen-bond donors (Lipinski definition) is 1. The van der Waals surface area contributed by atoms with Crippen LogP contribution >= 0.6 is 12.6 Å². The lowest BCUT2D eigenvalue weighted by molar-refractivity contribution is 0.164. The molecule has 0 aliphatic rings. The van der Waals surface area contributed by atoms with E-state index in [0.717, 1.165) is 5.75 Å². The van der Waals surface area contributed by atoms with Crippen LogP contribution in [-0.4, -0.2) is 33.7 Å². The van der Waals surface area contributed by atoms with Gasteiger partial charge in [0.2, 0.25) is 5.75 Å². The van der Waals surface area contributed by atoms with Gasteiger partial charge in [0.05, 0.1) is 27.9 Å². The number of methoxy groups -OCH3 is 3. The summed E-state index contributed by atoms with van der Waals surface area (Å²) in [6.45, 7) is 7.15. The summed E-state index contributed by atoms with van der Waals surface area (Å²) in [6, 6.07) is 3.61. The topological polar surface area (TPSA) is 36.9 Å². The molecule has 0 aromatic heterocycles. The lowest BCUT2D eigenvalue weighted by atomic mass is 9.82. The van der Waals surface area contributed by atoms with Crippen LogP contribution in [0.2, 0.25) is 0 Å². The summed E-state index contributed by atoms with van der Waals surface area (Å²) in [4.78, 5) is 0. The lowest BCUT2D eigenvalue weighted by Crippen LogP contribution is -2.28. The van der Waals surface area contributed by atoms with Gasteiger partial charge in [-0.25, -0.2) is 0 Å². The Labute approximate surface area is 133 Å². The fourth-order valence-electron chi connectivity index (χ4n) is 1.91. The van der Waals surface area contributed by atoms with E-state index in [1.54, 1.807) is 33.5 Å². The molecule has 21 heavy (non-hydrogen) atoms. The van der Waals surface area contributed by atoms with E-state index < -0.39 is 0 Å². The van der Waals surface area contributed by atoms with Gasteiger partial charge in [0.25, 0.3) is 0 Å². The summed E-state index contributed by atoms with van der Waals surface area (Å²) < 4.78 is 21.8. The van der Waals surface area contributed by atoms with Crippen molar-refractivity contribution in [3.05, 3.63) is 12.1 Å². The highest BCUT2D eigenvalue weighted by molar-refractivity contribution is 7.80. The predicted molar refractivity (Wildman–Crippen MR) is 88.4 cm³/mol. The highest BCUT2D eigenvalue weighted by Gasteiger charge is 2.24. The van der Waals surface area contributed by atoms with Crippen molar-refractivity contribution in [2.24, 2.45) is 11.3 Å². The van der Waals surface area contributed by atoms with E-state index in [0.29, 0.717) is 35.5 Å². The second-order valence-corrected chi connectivity index (χ2v) is 6.28. The van der Waals surface area contributed by atoms with Crippen molar-refractivity contribution in [3.8, 4) is 23.0 Å². The Morgan fingerprint density at radius 3 is 1.86 bits per heavy atom. The highest BCUT2D eigenvalue weighted by atomic mass is 32.1. The Morgan fingerprint density at radius 1 is 1.00 bits per heavy atom. The fourth-order valence-corrected chi connectivity index (χ4v) is 2.57. The molecule has 0 spiro atoms. The minimum absolute atomic E-state index is 0.141. The molecule has 0 saturated heterocycles. The van der Waals surface area contributed by atoms with Gasteiger partial charge >= 0.3 is 0 Å². The van der Waals surface area contributed by atoms with Crippen molar-refractivity contribution < 1.29 is 18.9 Å². The minimum atomic E-state index is 0.141. The first kappa shape index (κ1) is 17.8. The normalized spacial score (nSPS) is 12.7. The molecule has 0 fully saturated rings. The van der Waals surface area contributed by atoms with Crippen molar-refractivity contribution >= 4 is 12.6 Å². The van der Waals surface area contributed by atoms with Crippen LogP contribution in [0.25, 0.3) is 0 Å². The molecule has 120 valence electrons. The Balaban J connectivity index is 2.94. The van der Waals surface area contributed by atoms with Gasteiger partial charge in [-0.2, -0.15) is 12.6 Å². The number of benzene rings is 1. The first-order valence-corrected chi connectivity index (χ1v) is 7.54. The average molecular weight is 314 g/mol. The van der Waals surface area contributed by atoms with Gasteiger partial charge in [-0.1, -0.05) is 20.8 Å². The molecule has 4 nitrogen and oxygen atoms in total. The summed E-state index contributed by atoms with van der Waals surface area (Å²) >= 11 is 4.41. The number of rotatable bonds is 7. The highest BCUT2D eigenvalue weighted by Crippen LogP contribution is 2.41. The summed E-state index contributed by atoms with van der Waals surface area (Å²) in [6.07, 6.45) is 0. The second kappa shape index (κ2) is 7.69. The largest absolute Gasteiger partial charge is 0.493 e. The Kier molecular flexibility index (Phi) is 6.52. The molecular formula is C16H26O4S. The van der Waals surface area contributed by atoms with Crippen molar-refractivity contribution in [3.63, 3.8) is 0 Å². The monoisotopic (exact) mass is 314 g/mol. The third-order valence-corrected chi connectivity index (χ3v) is 3.98. The zero-order chi connectivity index (χ0) is 16.0. The Hall–Kier alpha value is -1.23. The van der Waals surface area contributed by atoms with E-state index in [2.05, 4.69) is 33.4 Å². The molecule has 0 N–H and O–H groups in total. The molecule has 1 unspecified atom stereocenters. The number of ether oxygens (including phenoxy) is 4. The van der Waals surface area contributed by atoms with E-state index in [1.807, 2.05) is 0 Å². The van der Waals surface area contributed by atoms with E-state index in [4.69, 9.17) is 18.9 Å². The molecule has 1 aromatic carbocycles. The molecule has 0 aliphatic carbocycles. The van der Waals surface area contributed by atoms with E-state index in [1.165, 1.54) is 0 Å².